The van der Waals surface area contributed by atoms with E-state index in [0.717, 1.165) is 6.42 Å². The molecule has 112 valence electrons. The number of nitrogens with one attached hydrogen (secondary N) is 1. The summed E-state index contributed by atoms with van der Waals surface area (Å²) < 4.78 is 20.9. The number of aromatic nitrogens is 2. The van der Waals surface area contributed by atoms with Crippen molar-refractivity contribution < 1.29 is 13.9 Å². The summed E-state index contributed by atoms with van der Waals surface area (Å²) in [4.78, 5) is 16.3. The van der Waals surface area contributed by atoms with Gasteiger partial charge in [0.05, 0.1) is 11.6 Å². The van der Waals surface area contributed by atoms with Crippen molar-refractivity contribution in [1.29, 1.82) is 0 Å². The molecule has 0 aliphatic carbocycles. The van der Waals surface area contributed by atoms with E-state index in [4.69, 9.17) is 10.5 Å². The number of hydrogen-bond acceptors (Lipinski definition) is 4. The molecule has 0 unspecified atom stereocenters. The highest BCUT2D eigenvalue weighted by molar-refractivity contribution is 5.94. The Hall–Kier alpha value is -1.99. The maximum Gasteiger partial charge on any atom is 0.255 e. The number of amides is 1. The summed E-state index contributed by atoms with van der Waals surface area (Å²) in [5.74, 6) is -0.381. The molecule has 2 aromatic rings. The number of rotatable bonds is 3. The van der Waals surface area contributed by atoms with Gasteiger partial charge in [0.25, 0.3) is 5.91 Å². The van der Waals surface area contributed by atoms with Crippen molar-refractivity contribution in [3.05, 3.63) is 24.0 Å². The van der Waals surface area contributed by atoms with Gasteiger partial charge < -0.3 is 15.0 Å². The largest absolute Gasteiger partial charge is 0.364 e. The summed E-state index contributed by atoms with van der Waals surface area (Å²) in [6, 6.07) is 4.70. The van der Waals surface area contributed by atoms with E-state index < -0.39 is 11.9 Å². The van der Waals surface area contributed by atoms with Gasteiger partial charge in [-0.25, -0.2) is 9.37 Å². The number of fused-ring (bicyclic) bond motifs is 1. The van der Waals surface area contributed by atoms with Gasteiger partial charge in [-0.1, -0.05) is 6.07 Å². The highest BCUT2D eigenvalue weighted by Crippen LogP contribution is 2.23. The second kappa shape index (κ2) is 5.42. The summed E-state index contributed by atoms with van der Waals surface area (Å²) in [6.45, 7) is 0.404. The van der Waals surface area contributed by atoms with E-state index in [1.807, 2.05) is 0 Å². The van der Waals surface area contributed by atoms with Crippen LogP contribution in [0.4, 0.5) is 10.3 Å². The maximum atomic E-state index is 13.7. The lowest BCUT2D eigenvalue weighted by molar-refractivity contribution is -0.126. The predicted molar refractivity (Wildman–Crippen MR) is 76.3 cm³/mol. The number of carbonyl (C=O) groups excluding carboxylic acids is 1. The van der Waals surface area contributed by atoms with Gasteiger partial charge in [-0.05, 0) is 25.0 Å². The molecule has 3 rings (SSSR count). The minimum absolute atomic E-state index is 0.0707. The van der Waals surface area contributed by atoms with Gasteiger partial charge in [0.15, 0.2) is 5.82 Å². The first-order valence-corrected chi connectivity index (χ1v) is 6.87. The molecule has 1 amide bonds. The molecule has 0 radical (unpaired) electrons. The lowest BCUT2D eigenvalue weighted by Crippen LogP contribution is -2.30. The van der Waals surface area contributed by atoms with Crippen molar-refractivity contribution in [3.63, 3.8) is 0 Å². The van der Waals surface area contributed by atoms with Crippen LogP contribution in [-0.4, -0.2) is 34.2 Å². The number of nitrogens with zero attached hydrogens (tertiary/aromatic N) is 2. The number of aryl methyl sites for hydroxylation is 1. The minimum Gasteiger partial charge on any atom is -0.364 e. The summed E-state index contributed by atoms with van der Waals surface area (Å²) in [5, 5.41) is 2.69. The number of para-hydroxylation sites is 1. The molecule has 0 bridgehead atoms. The zero-order chi connectivity index (χ0) is 15.0. The van der Waals surface area contributed by atoms with Gasteiger partial charge in [-0.15, -0.1) is 0 Å². The molecule has 1 fully saturated rings. The normalized spacial score (nSPS) is 21.9. The third-order valence-corrected chi connectivity index (χ3v) is 3.76. The second-order valence-corrected chi connectivity index (χ2v) is 5.15. The first-order valence-electron chi connectivity index (χ1n) is 6.87. The van der Waals surface area contributed by atoms with Gasteiger partial charge in [0.2, 0.25) is 5.95 Å². The van der Waals surface area contributed by atoms with Gasteiger partial charge in [-0.3, -0.25) is 10.1 Å². The molecule has 0 saturated carbocycles. The Bertz CT molecular complexity index is 685. The van der Waals surface area contributed by atoms with E-state index in [9.17, 15) is 9.18 Å². The molecule has 7 heteroatoms. The van der Waals surface area contributed by atoms with Crippen LogP contribution in [0.2, 0.25) is 0 Å². The lowest BCUT2D eigenvalue weighted by atomic mass is 10.2. The van der Waals surface area contributed by atoms with Gasteiger partial charge >= 0.3 is 0 Å². The highest BCUT2D eigenvalue weighted by Gasteiger charge is 2.30. The number of carbonyl (C=O) groups is 1. The summed E-state index contributed by atoms with van der Waals surface area (Å²) >= 11 is 0. The van der Waals surface area contributed by atoms with Crippen molar-refractivity contribution >= 4 is 22.9 Å². The van der Waals surface area contributed by atoms with Crippen LogP contribution in [-0.2, 0) is 16.6 Å². The van der Waals surface area contributed by atoms with Crippen molar-refractivity contribution in [2.24, 2.45) is 12.8 Å². The Morgan fingerprint density at radius 3 is 3.05 bits per heavy atom. The quantitative estimate of drug-likeness (QED) is 0.889. The van der Waals surface area contributed by atoms with Gasteiger partial charge in [-0.2, -0.15) is 0 Å². The molecular weight excluding hydrogens is 275 g/mol. The number of hydrogen-bond donors (Lipinski definition) is 2. The first-order chi connectivity index (χ1) is 10.1. The van der Waals surface area contributed by atoms with E-state index >= 15 is 0 Å². The molecule has 0 spiro atoms. The Kier molecular flexibility index (Phi) is 3.60. The number of anilines is 1. The molecule has 1 aromatic heterocycles. The van der Waals surface area contributed by atoms with Crippen LogP contribution >= 0.6 is 0 Å². The third-order valence-electron chi connectivity index (χ3n) is 3.76. The van der Waals surface area contributed by atoms with Crippen molar-refractivity contribution in [3.8, 4) is 0 Å². The van der Waals surface area contributed by atoms with Crippen LogP contribution in [0.1, 0.15) is 12.8 Å². The summed E-state index contributed by atoms with van der Waals surface area (Å²) in [6.07, 6.45) is 0.805. The number of nitrogens with two attached hydrogens (primary N) is 1. The fourth-order valence-electron chi connectivity index (χ4n) is 2.55. The molecule has 3 N–H and O–H groups in total. The molecule has 1 aliphatic heterocycles. The average Bonchev–Trinajstić information content (AvgIpc) is 3.07. The molecule has 6 nitrogen and oxygen atoms in total. The van der Waals surface area contributed by atoms with E-state index in [1.54, 1.807) is 23.7 Å². The van der Waals surface area contributed by atoms with Crippen LogP contribution in [0.3, 0.4) is 0 Å². The SMILES string of the molecule is Cn1c(NC(=O)[C@@H]2CC[C@H](CN)O2)nc2c(F)cccc21. The zero-order valence-corrected chi connectivity index (χ0v) is 11.7. The van der Waals surface area contributed by atoms with E-state index in [0.29, 0.717) is 24.4 Å². The van der Waals surface area contributed by atoms with Crippen molar-refractivity contribution in [1.82, 2.24) is 9.55 Å². The number of benzene rings is 1. The van der Waals surface area contributed by atoms with Crippen LogP contribution in [0.25, 0.3) is 11.0 Å². The van der Waals surface area contributed by atoms with Crippen LogP contribution in [0.5, 0.6) is 0 Å². The molecule has 2 heterocycles. The molecule has 2 atom stereocenters. The van der Waals surface area contributed by atoms with E-state index in [-0.39, 0.29) is 17.5 Å². The highest BCUT2D eigenvalue weighted by atomic mass is 19.1. The third kappa shape index (κ3) is 2.50. The average molecular weight is 292 g/mol. The fourth-order valence-corrected chi connectivity index (χ4v) is 2.55. The Balaban J connectivity index is 1.80. The van der Waals surface area contributed by atoms with Crippen molar-refractivity contribution in [2.75, 3.05) is 11.9 Å². The smallest absolute Gasteiger partial charge is 0.255 e. The Labute approximate surface area is 121 Å². The van der Waals surface area contributed by atoms with Crippen LogP contribution in [0.15, 0.2) is 18.2 Å². The molecule has 1 saturated heterocycles. The second-order valence-electron chi connectivity index (χ2n) is 5.15. The lowest BCUT2D eigenvalue weighted by Gasteiger charge is -2.12. The topological polar surface area (TPSA) is 82.2 Å². The predicted octanol–water partition coefficient (Wildman–Crippen LogP) is 1.16. The number of imidazole rings is 1. The minimum atomic E-state index is -0.525. The molecular formula is C14H17FN4O2. The number of halogens is 1. The van der Waals surface area contributed by atoms with Crippen LogP contribution < -0.4 is 11.1 Å². The first kappa shape index (κ1) is 14.0. The molecule has 21 heavy (non-hydrogen) atoms. The molecule has 1 aromatic carbocycles. The van der Waals surface area contributed by atoms with Crippen LogP contribution in [0, 0.1) is 5.82 Å². The number of ether oxygens (including phenoxy) is 1. The monoisotopic (exact) mass is 292 g/mol. The van der Waals surface area contributed by atoms with E-state index in [2.05, 4.69) is 10.3 Å². The summed E-state index contributed by atoms with van der Waals surface area (Å²) in [5.41, 5.74) is 6.39. The van der Waals surface area contributed by atoms with Gasteiger partial charge in [0.1, 0.15) is 11.6 Å². The Morgan fingerprint density at radius 1 is 1.57 bits per heavy atom. The maximum absolute atomic E-state index is 13.7. The zero-order valence-electron chi connectivity index (χ0n) is 11.7. The van der Waals surface area contributed by atoms with Gasteiger partial charge in [0, 0.05) is 13.6 Å². The summed E-state index contributed by atoms with van der Waals surface area (Å²) in [7, 11) is 1.72. The van der Waals surface area contributed by atoms with E-state index in [1.165, 1.54) is 6.07 Å². The standard InChI is InChI=1S/C14H17FN4O2/c1-19-10-4-2-3-9(15)12(10)17-14(19)18-13(20)11-6-5-8(7-16)21-11/h2-4,8,11H,5-7,16H2,1H3,(H,17,18,20)/t8-,11+/m1/s1. The molecule has 1 aliphatic rings. The fraction of sp³-hybridized carbons (Fsp3) is 0.429. The van der Waals surface area contributed by atoms with Crippen molar-refractivity contribution in [2.45, 2.75) is 25.0 Å². The Morgan fingerprint density at radius 2 is 2.38 bits per heavy atom.